The van der Waals surface area contributed by atoms with Gasteiger partial charge in [0.15, 0.2) is 0 Å². The largest absolute Gasteiger partial charge is 0.382 e. The molecule has 84 valence electrons. The zero-order chi connectivity index (χ0) is 10.8. The highest BCUT2D eigenvalue weighted by molar-refractivity contribution is 5.81. The number of amides is 1. The molecule has 0 saturated heterocycles. The number of nitrogens with one attached hydrogen (secondary N) is 2. The lowest BCUT2D eigenvalue weighted by Gasteiger charge is -2.10. The molecule has 2 N–H and O–H groups in total. The van der Waals surface area contributed by atoms with Gasteiger partial charge in [-0.1, -0.05) is 0 Å². The third kappa shape index (κ3) is 6.82. The molecule has 1 unspecified atom stereocenters. The van der Waals surface area contributed by atoms with Gasteiger partial charge in [-0.25, -0.2) is 0 Å². The SMILES string of the molecule is CNC(C)C(=O)NCCOCCOC. The van der Waals surface area contributed by atoms with Crippen molar-refractivity contribution >= 4 is 5.91 Å². The van der Waals surface area contributed by atoms with Crippen LogP contribution in [0.15, 0.2) is 0 Å². The predicted octanol–water partition coefficient (Wildman–Crippen LogP) is -0.626. The molecule has 0 bridgehead atoms. The lowest BCUT2D eigenvalue weighted by Crippen LogP contribution is -2.41. The Kier molecular flexibility index (Phi) is 8.51. The second-order valence-corrected chi connectivity index (χ2v) is 2.91. The van der Waals surface area contributed by atoms with Gasteiger partial charge in [0.25, 0.3) is 0 Å². The highest BCUT2D eigenvalue weighted by atomic mass is 16.5. The van der Waals surface area contributed by atoms with E-state index in [0.29, 0.717) is 26.4 Å². The number of rotatable bonds is 8. The van der Waals surface area contributed by atoms with Crippen LogP contribution in [0.2, 0.25) is 0 Å². The van der Waals surface area contributed by atoms with Gasteiger partial charge in [0, 0.05) is 13.7 Å². The normalized spacial score (nSPS) is 12.5. The third-order valence-corrected chi connectivity index (χ3v) is 1.80. The van der Waals surface area contributed by atoms with Crippen LogP contribution in [0.25, 0.3) is 0 Å². The van der Waals surface area contributed by atoms with Crippen molar-refractivity contribution in [2.24, 2.45) is 0 Å². The lowest BCUT2D eigenvalue weighted by molar-refractivity contribution is -0.122. The molecule has 0 aromatic heterocycles. The van der Waals surface area contributed by atoms with Crippen molar-refractivity contribution in [3.63, 3.8) is 0 Å². The van der Waals surface area contributed by atoms with Gasteiger partial charge >= 0.3 is 0 Å². The van der Waals surface area contributed by atoms with Crippen LogP contribution in [0, 0.1) is 0 Å². The third-order valence-electron chi connectivity index (χ3n) is 1.80. The second kappa shape index (κ2) is 8.93. The molecule has 0 aliphatic carbocycles. The number of hydrogen-bond donors (Lipinski definition) is 2. The first-order valence-electron chi connectivity index (χ1n) is 4.74. The van der Waals surface area contributed by atoms with Crippen molar-refractivity contribution < 1.29 is 14.3 Å². The molecule has 5 heteroatoms. The number of carbonyl (C=O) groups excluding carboxylic acids is 1. The summed E-state index contributed by atoms with van der Waals surface area (Å²) in [5, 5.41) is 5.60. The fraction of sp³-hybridized carbons (Fsp3) is 0.889. The number of carbonyl (C=O) groups is 1. The predicted molar refractivity (Wildman–Crippen MR) is 54.2 cm³/mol. The standard InChI is InChI=1S/C9H20N2O3/c1-8(10-2)9(12)11-4-5-14-7-6-13-3/h8,10H,4-7H2,1-3H3,(H,11,12). The highest BCUT2D eigenvalue weighted by Gasteiger charge is 2.07. The summed E-state index contributed by atoms with van der Waals surface area (Å²) in [6, 6.07) is -0.158. The van der Waals surface area contributed by atoms with Gasteiger partial charge in [-0.05, 0) is 14.0 Å². The van der Waals surface area contributed by atoms with E-state index >= 15 is 0 Å². The van der Waals surface area contributed by atoms with E-state index in [4.69, 9.17) is 9.47 Å². The maximum atomic E-state index is 11.2. The first-order chi connectivity index (χ1) is 6.72. The van der Waals surface area contributed by atoms with Crippen molar-refractivity contribution in [2.75, 3.05) is 40.5 Å². The van der Waals surface area contributed by atoms with E-state index < -0.39 is 0 Å². The molecule has 0 radical (unpaired) electrons. The van der Waals surface area contributed by atoms with Crippen LogP contribution in [-0.2, 0) is 14.3 Å². The van der Waals surface area contributed by atoms with E-state index in [2.05, 4.69) is 10.6 Å². The molecule has 0 spiro atoms. The summed E-state index contributed by atoms with van der Waals surface area (Å²) >= 11 is 0. The molecule has 0 rings (SSSR count). The summed E-state index contributed by atoms with van der Waals surface area (Å²) < 4.78 is 9.98. The molecule has 14 heavy (non-hydrogen) atoms. The average Bonchev–Trinajstić information content (AvgIpc) is 2.21. The molecular formula is C9H20N2O3. The van der Waals surface area contributed by atoms with Gasteiger partial charge in [0.05, 0.1) is 25.9 Å². The molecule has 0 aromatic rings. The van der Waals surface area contributed by atoms with Crippen molar-refractivity contribution in [1.29, 1.82) is 0 Å². The molecule has 1 atom stereocenters. The topological polar surface area (TPSA) is 59.6 Å². The van der Waals surface area contributed by atoms with E-state index in [9.17, 15) is 4.79 Å². The zero-order valence-corrected chi connectivity index (χ0v) is 9.13. The molecule has 0 aliphatic rings. The van der Waals surface area contributed by atoms with Crippen molar-refractivity contribution in [1.82, 2.24) is 10.6 Å². The van der Waals surface area contributed by atoms with Crippen molar-refractivity contribution in [3.8, 4) is 0 Å². The van der Waals surface area contributed by atoms with E-state index in [1.165, 1.54) is 0 Å². The van der Waals surface area contributed by atoms with Crippen LogP contribution in [0.5, 0.6) is 0 Å². The van der Waals surface area contributed by atoms with Crippen LogP contribution < -0.4 is 10.6 Å². The minimum atomic E-state index is -0.158. The Bertz CT molecular complexity index is 153. The minimum Gasteiger partial charge on any atom is -0.382 e. The first-order valence-corrected chi connectivity index (χ1v) is 4.74. The number of ether oxygens (including phenoxy) is 2. The zero-order valence-electron chi connectivity index (χ0n) is 9.13. The van der Waals surface area contributed by atoms with Crippen molar-refractivity contribution in [2.45, 2.75) is 13.0 Å². The maximum absolute atomic E-state index is 11.2. The fourth-order valence-electron chi connectivity index (χ4n) is 0.775. The average molecular weight is 204 g/mol. The van der Waals surface area contributed by atoms with Gasteiger partial charge in [-0.3, -0.25) is 4.79 Å². The van der Waals surface area contributed by atoms with E-state index in [1.54, 1.807) is 21.1 Å². The number of hydrogen-bond acceptors (Lipinski definition) is 4. The minimum absolute atomic E-state index is 0.0113. The van der Waals surface area contributed by atoms with E-state index in [0.717, 1.165) is 0 Å². The Morgan fingerprint density at radius 2 is 2.07 bits per heavy atom. The molecule has 0 aromatic carbocycles. The number of methoxy groups -OCH3 is 1. The highest BCUT2D eigenvalue weighted by Crippen LogP contribution is 1.80. The Morgan fingerprint density at radius 1 is 1.36 bits per heavy atom. The maximum Gasteiger partial charge on any atom is 0.236 e. The molecule has 0 aliphatic heterocycles. The summed E-state index contributed by atoms with van der Waals surface area (Å²) in [7, 11) is 3.37. The smallest absolute Gasteiger partial charge is 0.236 e. The summed E-state index contributed by atoms with van der Waals surface area (Å²) in [6.07, 6.45) is 0. The fourth-order valence-corrected chi connectivity index (χ4v) is 0.775. The second-order valence-electron chi connectivity index (χ2n) is 2.91. The van der Waals surface area contributed by atoms with Gasteiger partial charge in [0.1, 0.15) is 0 Å². The summed E-state index contributed by atoms with van der Waals surface area (Å²) in [5.41, 5.74) is 0. The molecule has 0 saturated carbocycles. The first kappa shape index (κ1) is 13.4. The molecular weight excluding hydrogens is 184 g/mol. The van der Waals surface area contributed by atoms with E-state index in [1.807, 2.05) is 0 Å². The molecule has 5 nitrogen and oxygen atoms in total. The Hall–Kier alpha value is -0.650. The van der Waals surface area contributed by atoms with Gasteiger partial charge in [0.2, 0.25) is 5.91 Å². The van der Waals surface area contributed by atoms with Gasteiger partial charge < -0.3 is 20.1 Å². The van der Waals surface area contributed by atoms with Crippen LogP contribution in [-0.4, -0.2) is 52.5 Å². The quantitative estimate of drug-likeness (QED) is 0.517. The molecule has 1 amide bonds. The summed E-state index contributed by atoms with van der Waals surface area (Å²) in [4.78, 5) is 11.2. The van der Waals surface area contributed by atoms with Crippen LogP contribution in [0.1, 0.15) is 6.92 Å². The van der Waals surface area contributed by atoms with Gasteiger partial charge in [-0.15, -0.1) is 0 Å². The lowest BCUT2D eigenvalue weighted by atomic mass is 10.3. The van der Waals surface area contributed by atoms with Crippen molar-refractivity contribution in [3.05, 3.63) is 0 Å². The summed E-state index contributed by atoms with van der Waals surface area (Å²) in [6.45, 7) is 4.01. The summed E-state index contributed by atoms with van der Waals surface area (Å²) in [5.74, 6) is -0.0113. The number of likely N-dealkylation sites (N-methyl/N-ethyl adjacent to an activating group) is 1. The monoisotopic (exact) mass is 204 g/mol. The Labute approximate surface area is 85.1 Å². The van der Waals surface area contributed by atoms with Crippen LogP contribution >= 0.6 is 0 Å². The van der Waals surface area contributed by atoms with Gasteiger partial charge in [-0.2, -0.15) is 0 Å². The molecule has 0 heterocycles. The van der Waals surface area contributed by atoms with Crippen LogP contribution in [0.3, 0.4) is 0 Å². The Morgan fingerprint density at radius 3 is 2.64 bits per heavy atom. The Balaban J connectivity index is 3.23. The van der Waals surface area contributed by atoms with Crippen LogP contribution in [0.4, 0.5) is 0 Å². The van der Waals surface area contributed by atoms with E-state index in [-0.39, 0.29) is 11.9 Å². The molecule has 0 fully saturated rings.